The molecule has 0 saturated carbocycles. The first-order chi connectivity index (χ1) is 9.55. The maximum Gasteiger partial charge on any atom is 0.0629 e. The summed E-state index contributed by atoms with van der Waals surface area (Å²) in [5.41, 5.74) is 3.68. The van der Waals surface area contributed by atoms with Gasteiger partial charge in [0.2, 0.25) is 0 Å². The summed E-state index contributed by atoms with van der Waals surface area (Å²) in [7, 11) is 0. The van der Waals surface area contributed by atoms with Crippen LogP contribution in [0.2, 0.25) is 0 Å². The summed E-state index contributed by atoms with van der Waals surface area (Å²) >= 11 is 0. The molecule has 20 heavy (non-hydrogen) atoms. The molecular weight excluding hydrogens is 242 g/mol. The van der Waals surface area contributed by atoms with Crippen LogP contribution < -0.4 is 0 Å². The highest BCUT2D eigenvalue weighted by Gasteiger charge is 2.12. The lowest BCUT2D eigenvalue weighted by molar-refractivity contribution is 0.590. The second kappa shape index (κ2) is 6.33. The molecule has 0 fully saturated rings. The summed E-state index contributed by atoms with van der Waals surface area (Å²) in [6.45, 7) is 6.65. The van der Waals surface area contributed by atoms with Crippen LogP contribution in [0.3, 0.4) is 0 Å². The lowest BCUT2D eigenvalue weighted by Gasteiger charge is -2.18. The van der Waals surface area contributed by atoms with Gasteiger partial charge in [0.1, 0.15) is 0 Å². The van der Waals surface area contributed by atoms with Gasteiger partial charge in [0.15, 0.2) is 0 Å². The summed E-state index contributed by atoms with van der Waals surface area (Å²) < 4.78 is 0. The largest absolute Gasteiger partial charge is 0.257 e. The van der Waals surface area contributed by atoms with E-state index in [1.54, 1.807) is 0 Å². The van der Waals surface area contributed by atoms with Crippen LogP contribution in [0.25, 0.3) is 6.08 Å². The maximum absolute atomic E-state index is 4.43. The first kappa shape index (κ1) is 14.3. The van der Waals surface area contributed by atoms with Gasteiger partial charge >= 0.3 is 0 Å². The van der Waals surface area contributed by atoms with Gasteiger partial charge in [-0.15, -0.1) is 0 Å². The molecule has 0 N–H and O–H groups in total. The van der Waals surface area contributed by atoms with Gasteiger partial charge in [-0.25, -0.2) is 0 Å². The van der Waals surface area contributed by atoms with Gasteiger partial charge in [-0.05, 0) is 34.8 Å². The van der Waals surface area contributed by atoms with Crippen LogP contribution in [-0.2, 0) is 5.41 Å². The van der Waals surface area contributed by atoms with Crippen molar-refractivity contribution in [2.24, 2.45) is 4.99 Å². The van der Waals surface area contributed by atoms with Crippen LogP contribution in [0.1, 0.15) is 31.9 Å². The third-order valence-corrected chi connectivity index (χ3v) is 3.13. The van der Waals surface area contributed by atoms with Crippen LogP contribution in [0.15, 0.2) is 65.7 Å². The fourth-order valence-corrected chi connectivity index (χ4v) is 1.89. The number of nitrogens with zero attached hydrogens (tertiary/aromatic N) is 1. The number of aliphatic imine (C=N–C) groups is 1. The molecule has 2 rings (SSSR count). The van der Waals surface area contributed by atoms with Gasteiger partial charge in [0, 0.05) is 6.21 Å². The molecule has 0 aliphatic carbocycles. The molecule has 2 aromatic rings. The van der Waals surface area contributed by atoms with Gasteiger partial charge in [-0.3, -0.25) is 4.99 Å². The molecule has 0 bridgehead atoms. The second-order valence-electron chi connectivity index (χ2n) is 5.84. The van der Waals surface area contributed by atoms with E-state index in [2.05, 4.69) is 62.2 Å². The molecule has 0 aromatic heterocycles. The average molecular weight is 263 g/mol. The molecule has 1 heteroatoms. The van der Waals surface area contributed by atoms with Crippen molar-refractivity contribution in [3.05, 3.63) is 71.8 Å². The Morgan fingerprint density at radius 1 is 0.850 bits per heavy atom. The number of hydrogen-bond donors (Lipinski definition) is 0. The maximum atomic E-state index is 4.43. The lowest BCUT2D eigenvalue weighted by atomic mass is 9.87. The van der Waals surface area contributed by atoms with E-state index in [0.717, 1.165) is 5.69 Å². The van der Waals surface area contributed by atoms with E-state index in [-0.39, 0.29) is 5.41 Å². The Morgan fingerprint density at radius 3 is 2.10 bits per heavy atom. The normalized spacial score (nSPS) is 12.3. The summed E-state index contributed by atoms with van der Waals surface area (Å²) in [5.74, 6) is 0. The van der Waals surface area contributed by atoms with Gasteiger partial charge in [0.05, 0.1) is 5.69 Å². The Balaban J connectivity index is 2.00. The second-order valence-corrected chi connectivity index (χ2v) is 5.84. The Bertz CT molecular complexity index is 584. The standard InChI is InChI=1S/C19H21N/c1-19(2,3)17-11-13-18(14-12-17)20-15-7-10-16-8-5-4-6-9-16/h4-15H,1-3H3/b10-7+,20-15?. The number of rotatable bonds is 3. The Labute approximate surface area is 121 Å². The fraction of sp³-hybridized carbons (Fsp3) is 0.211. The molecule has 0 aliphatic heterocycles. The van der Waals surface area contributed by atoms with E-state index in [4.69, 9.17) is 0 Å². The van der Waals surface area contributed by atoms with Crippen molar-refractivity contribution in [1.29, 1.82) is 0 Å². The zero-order valence-corrected chi connectivity index (χ0v) is 12.4. The van der Waals surface area contributed by atoms with Gasteiger partial charge < -0.3 is 0 Å². The molecule has 0 unspecified atom stereocenters. The highest BCUT2D eigenvalue weighted by molar-refractivity contribution is 5.80. The number of hydrogen-bond acceptors (Lipinski definition) is 1. The topological polar surface area (TPSA) is 12.4 Å². The molecule has 102 valence electrons. The van der Waals surface area contributed by atoms with E-state index in [0.29, 0.717) is 0 Å². The molecule has 2 aromatic carbocycles. The molecule has 0 radical (unpaired) electrons. The molecule has 0 spiro atoms. The number of allylic oxidation sites excluding steroid dienone is 1. The Hall–Kier alpha value is -2.15. The summed E-state index contributed by atoms with van der Waals surface area (Å²) in [6.07, 6.45) is 5.85. The summed E-state index contributed by atoms with van der Waals surface area (Å²) in [6, 6.07) is 18.6. The monoisotopic (exact) mass is 263 g/mol. The molecule has 0 amide bonds. The van der Waals surface area contributed by atoms with Crippen molar-refractivity contribution in [2.75, 3.05) is 0 Å². The van der Waals surface area contributed by atoms with Gasteiger partial charge in [-0.2, -0.15) is 0 Å². The summed E-state index contributed by atoms with van der Waals surface area (Å²) in [4.78, 5) is 4.43. The first-order valence-corrected chi connectivity index (χ1v) is 6.92. The predicted molar refractivity (Wildman–Crippen MR) is 88.8 cm³/mol. The van der Waals surface area contributed by atoms with E-state index in [9.17, 15) is 0 Å². The molecule has 0 heterocycles. The average Bonchev–Trinajstić information content (AvgIpc) is 2.44. The molecule has 1 nitrogen and oxygen atoms in total. The van der Waals surface area contributed by atoms with E-state index in [1.165, 1.54) is 11.1 Å². The van der Waals surface area contributed by atoms with E-state index >= 15 is 0 Å². The Morgan fingerprint density at radius 2 is 1.50 bits per heavy atom. The highest BCUT2D eigenvalue weighted by Crippen LogP contribution is 2.24. The van der Waals surface area contributed by atoms with E-state index in [1.807, 2.05) is 36.6 Å². The van der Waals surface area contributed by atoms with Crippen LogP contribution in [0.4, 0.5) is 5.69 Å². The summed E-state index contributed by atoms with van der Waals surface area (Å²) in [5, 5.41) is 0. The molecule has 0 saturated heterocycles. The molecule has 0 aliphatic rings. The predicted octanol–water partition coefficient (Wildman–Crippen LogP) is 5.40. The third-order valence-electron chi connectivity index (χ3n) is 3.13. The van der Waals surface area contributed by atoms with Gasteiger partial charge in [-0.1, -0.05) is 69.3 Å². The Kier molecular flexibility index (Phi) is 4.52. The third kappa shape index (κ3) is 4.20. The van der Waals surface area contributed by atoms with Crippen LogP contribution >= 0.6 is 0 Å². The highest BCUT2D eigenvalue weighted by atomic mass is 14.7. The lowest BCUT2D eigenvalue weighted by Crippen LogP contribution is -2.10. The minimum atomic E-state index is 0.190. The van der Waals surface area contributed by atoms with Crippen molar-refractivity contribution < 1.29 is 0 Å². The fourth-order valence-electron chi connectivity index (χ4n) is 1.89. The van der Waals surface area contributed by atoms with Crippen LogP contribution in [-0.4, -0.2) is 6.21 Å². The quantitative estimate of drug-likeness (QED) is 0.657. The molecular formula is C19H21N. The van der Waals surface area contributed by atoms with Crippen molar-refractivity contribution in [3.8, 4) is 0 Å². The van der Waals surface area contributed by atoms with Crippen molar-refractivity contribution in [3.63, 3.8) is 0 Å². The van der Waals surface area contributed by atoms with E-state index < -0.39 is 0 Å². The first-order valence-electron chi connectivity index (χ1n) is 6.92. The van der Waals surface area contributed by atoms with Crippen LogP contribution in [0, 0.1) is 0 Å². The van der Waals surface area contributed by atoms with Crippen LogP contribution in [0.5, 0.6) is 0 Å². The number of benzene rings is 2. The SMILES string of the molecule is CC(C)(C)c1ccc(N=C/C=C/c2ccccc2)cc1. The molecule has 0 atom stereocenters. The zero-order valence-electron chi connectivity index (χ0n) is 12.4. The minimum absolute atomic E-state index is 0.190. The van der Waals surface area contributed by atoms with Gasteiger partial charge in [0.25, 0.3) is 0 Å². The smallest absolute Gasteiger partial charge is 0.0629 e. The zero-order chi connectivity index (χ0) is 14.4. The van der Waals surface area contributed by atoms with Crippen molar-refractivity contribution in [2.45, 2.75) is 26.2 Å². The van der Waals surface area contributed by atoms with Crippen molar-refractivity contribution in [1.82, 2.24) is 0 Å². The van der Waals surface area contributed by atoms with Crippen molar-refractivity contribution >= 4 is 18.0 Å². The minimum Gasteiger partial charge on any atom is -0.257 e.